The minimum atomic E-state index is -0.378. The maximum atomic E-state index is 12.7. The van der Waals surface area contributed by atoms with Gasteiger partial charge in [-0.15, -0.1) is 0 Å². The number of nitrogens with zero attached hydrogens (tertiary/aromatic N) is 3. The third-order valence-electron chi connectivity index (χ3n) is 4.90. The Kier molecular flexibility index (Phi) is 3.59. The van der Waals surface area contributed by atoms with Crippen LogP contribution in [0.2, 0.25) is 0 Å². The average Bonchev–Trinajstić information content (AvgIpc) is 3.34. The Hall–Kier alpha value is -4.55. The largest absolute Gasteiger partial charge is 0.439 e. The summed E-state index contributed by atoms with van der Waals surface area (Å²) in [5.41, 5.74) is 2.56. The highest BCUT2D eigenvalue weighted by Gasteiger charge is 2.24. The molecule has 0 amide bonds. The van der Waals surface area contributed by atoms with Gasteiger partial charge in [0.15, 0.2) is 0 Å². The Morgan fingerprint density at radius 3 is 2.17 bits per heavy atom. The van der Waals surface area contributed by atoms with Gasteiger partial charge in [-0.1, -0.05) is 60.7 Å². The van der Waals surface area contributed by atoms with E-state index in [0.29, 0.717) is 22.3 Å². The van der Waals surface area contributed by atoms with Crippen LogP contribution in [0.5, 0.6) is 0 Å². The Bertz CT molecular complexity index is 1530. The average molecular weight is 376 g/mol. The molecule has 2 aromatic carbocycles. The first kappa shape index (κ1) is 16.6. The number of benzene rings is 2. The van der Waals surface area contributed by atoms with Crippen LogP contribution in [0.4, 0.5) is 0 Å². The van der Waals surface area contributed by atoms with Gasteiger partial charge in [0, 0.05) is 11.1 Å². The van der Waals surface area contributed by atoms with Gasteiger partial charge in [0.1, 0.15) is 40.2 Å². The molecule has 0 aliphatic carbocycles. The Labute approximate surface area is 164 Å². The van der Waals surface area contributed by atoms with Gasteiger partial charge >= 0.3 is 0 Å². The third kappa shape index (κ3) is 2.37. The van der Waals surface area contributed by atoms with Crippen LogP contribution in [-0.4, -0.2) is 9.38 Å². The van der Waals surface area contributed by atoms with E-state index in [1.54, 1.807) is 6.07 Å². The zero-order valence-corrected chi connectivity index (χ0v) is 15.0. The molecule has 0 saturated heterocycles. The molecule has 0 fully saturated rings. The van der Waals surface area contributed by atoms with Gasteiger partial charge in [-0.2, -0.15) is 10.5 Å². The highest BCUT2D eigenvalue weighted by molar-refractivity contribution is 5.89. The van der Waals surface area contributed by atoms with Gasteiger partial charge in [0.05, 0.1) is 0 Å². The number of H-pyrrole nitrogens is 1. The van der Waals surface area contributed by atoms with E-state index in [1.165, 1.54) is 4.40 Å². The maximum absolute atomic E-state index is 12.7. The van der Waals surface area contributed by atoms with Gasteiger partial charge in [0.25, 0.3) is 5.56 Å². The molecule has 0 saturated carbocycles. The normalized spacial score (nSPS) is 10.8. The van der Waals surface area contributed by atoms with Crippen molar-refractivity contribution in [2.45, 2.75) is 0 Å². The smallest absolute Gasteiger partial charge is 0.262 e. The number of hydrogen-bond acceptors (Lipinski definition) is 4. The molecule has 3 aromatic heterocycles. The zero-order valence-electron chi connectivity index (χ0n) is 15.0. The van der Waals surface area contributed by atoms with Crippen molar-refractivity contribution in [1.29, 1.82) is 10.5 Å². The molecule has 5 aromatic rings. The number of aromatic amines is 1. The molecule has 0 bridgehead atoms. The van der Waals surface area contributed by atoms with Crippen molar-refractivity contribution in [3.05, 3.63) is 88.3 Å². The van der Waals surface area contributed by atoms with Crippen molar-refractivity contribution < 1.29 is 4.42 Å². The fourth-order valence-electron chi connectivity index (χ4n) is 3.62. The molecule has 0 spiro atoms. The Morgan fingerprint density at radius 2 is 1.55 bits per heavy atom. The molecular formula is C23H12N4O2. The molecule has 1 N–H and O–H groups in total. The van der Waals surface area contributed by atoms with E-state index in [2.05, 4.69) is 17.1 Å². The van der Waals surface area contributed by atoms with E-state index in [9.17, 15) is 15.3 Å². The molecule has 0 unspecified atom stereocenters. The maximum Gasteiger partial charge on any atom is 0.262 e. The van der Waals surface area contributed by atoms with Gasteiger partial charge in [-0.05, 0) is 11.6 Å². The molecule has 5 rings (SSSR count). The van der Waals surface area contributed by atoms with Crippen LogP contribution in [-0.2, 0) is 0 Å². The topological polar surface area (TPSA) is 98.0 Å². The lowest BCUT2D eigenvalue weighted by molar-refractivity contribution is 0.611. The minimum absolute atomic E-state index is 0.226. The summed E-state index contributed by atoms with van der Waals surface area (Å²) < 4.78 is 7.54. The molecule has 136 valence electrons. The summed E-state index contributed by atoms with van der Waals surface area (Å²) in [6, 6.07) is 24.5. The lowest BCUT2D eigenvalue weighted by Gasteiger charge is -2.00. The van der Waals surface area contributed by atoms with Gasteiger partial charge in [-0.25, -0.2) is 0 Å². The quantitative estimate of drug-likeness (QED) is 0.492. The van der Waals surface area contributed by atoms with E-state index in [-0.39, 0.29) is 28.2 Å². The van der Waals surface area contributed by atoms with Crippen LogP contribution in [0.25, 0.3) is 39.2 Å². The van der Waals surface area contributed by atoms with Crippen LogP contribution < -0.4 is 5.56 Å². The second-order valence-corrected chi connectivity index (χ2v) is 6.52. The fraction of sp³-hybridized carbons (Fsp3) is 0. The Morgan fingerprint density at radius 1 is 0.897 bits per heavy atom. The van der Waals surface area contributed by atoms with Crippen LogP contribution in [0, 0.1) is 22.7 Å². The van der Waals surface area contributed by atoms with Crippen LogP contribution in [0.1, 0.15) is 11.3 Å². The first-order chi connectivity index (χ1) is 14.2. The summed E-state index contributed by atoms with van der Waals surface area (Å²) in [6.45, 7) is 0. The lowest BCUT2D eigenvalue weighted by Crippen LogP contribution is -2.08. The summed E-state index contributed by atoms with van der Waals surface area (Å²) in [4.78, 5) is 15.5. The minimum Gasteiger partial charge on any atom is -0.439 e. The van der Waals surface area contributed by atoms with E-state index < -0.39 is 0 Å². The van der Waals surface area contributed by atoms with Crippen LogP contribution in [0.3, 0.4) is 0 Å². The summed E-state index contributed by atoms with van der Waals surface area (Å²) in [5, 5.41) is 20.0. The number of nitriles is 2. The second kappa shape index (κ2) is 6.26. The van der Waals surface area contributed by atoms with E-state index in [0.717, 1.165) is 5.56 Å². The molecule has 0 radical (unpaired) electrons. The van der Waals surface area contributed by atoms with Crippen LogP contribution >= 0.6 is 0 Å². The van der Waals surface area contributed by atoms with E-state index >= 15 is 0 Å². The summed E-state index contributed by atoms with van der Waals surface area (Å²) in [7, 11) is 0. The fourth-order valence-corrected chi connectivity index (χ4v) is 3.62. The first-order valence-electron chi connectivity index (χ1n) is 8.88. The molecular weight excluding hydrogens is 364 g/mol. The molecule has 0 atom stereocenters. The standard InChI is InChI=1S/C23H12N4O2/c24-12-17-20(15-9-5-2-6-10-15)18(13-25)27-21(17)26-22(28)16-11-19(29-23(16)27)14-7-3-1-4-8-14/h1-11H,(H,26,28). The summed E-state index contributed by atoms with van der Waals surface area (Å²) in [5.74, 6) is 0.510. The first-order valence-corrected chi connectivity index (χ1v) is 8.88. The molecule has 29 heavy (non-hydrogen) atoms. The van der Waals surface area contributed by atoms with Gasteiger partial charge in [0.2, 0.25) is 5.71 Å². The van der Waals surface area contributed by atoms with Crippen LogP contribution in [0.15, 0.2) is 75.9 Å². The predicted molar refractivity (Wildman–Crippen MR) is 108 cm³/mol. The highest BCUT2D eigenvalue weighted by Crippen LogP contribution is 2.34. The van der Waals surface area contributed by atoms with Crippen molar-refractivity contribution >= 4 is 16.7 Å². The van der Waals surface area contributed by atoms with E-state index in [4.69, 9.17) is 4.42 Å². The van der Waals surface area contributed by atoms with Gasteiger partial charge in [-0.3, -0.25) is 9.20 Å². The lowest BCUT2D eigenvalue weighted by atomic mass is 10.0. The van der Waals surface area contributed by atoms with Crippen molar-refractivity contribution in [1.82, 2.24) is 9.38 Å². The zero-order chi connectivity index (χ0) is 20.0. The highest BCUT2D eigenvalue weighted by atomic mass is 16.3. The third-order valence-corrected chi connectivity index (χ3v) is 4.90. The van der Waals surface area contributed by atoms with Crippen molar-refractivity contribution in [3.8, 4) is 34.6 Å². The number of rotatable bonds is 2. The second-order valence-electron chi connectivity index (χ2n) is 6.52. The van der Waals surface area contributed by atoms with Gasteiger partial charge < -0.3 is 9.40 Å². The molecule has 3 heterocycles. The predicted octanol–water partition coefficient (Wildman–Crippen LogP) is 4.45. The number of aromatic nitrogens is 2. The molecule has 0 aliphatic heterocycles. The molecule has 6 heteroatoms. The monoisotopic (exact) mass is 376 g/mol. The van der Waals surface area contributed by atoms with Crippen molar-refractivity contribution in [2.24, 2.45) is 0 Å². The SMILES string of the molecule is N#Cc1c(-c2ccccc2)c(C#N)n2c1[nH]c(=O)c1cc(-c3ccccc3)oc12. The summed E-state index contributed by atoms with van der Waals surface area (Å²) >= 11 is 0. The number of fused-ring (bicyclic) bond motifs is 3. The van der Waals surface area contributed by atoms with Crippen molar-refractivity contribution in [2.75, 3.05) is 0 Å². The Balaban J connectivity index is 1.95. The number of furan rings is 1. The molecule has 0 aliphatic rings. The summed E-state index contributed by atoms with van der Waals surface area (Å²) in [6.07, 6.45) is 0. The molecule has 6 nitrogen and oxygen atoms in total. The number of hydrogen-bond donors (Lipinski definition) is 1. The van der Waals surface area contributed by atoms with E-state index in [1.807, 2.05) is 60.7 Å². The van der Waals surface area contributed by atoms with Crippen molar-refractivity contribution in [3.63, 3.8) is 0 Å². The number of nitrogens with one attached hydrogen (secondary N) is 1.